The second kappa shape index (κ2) is 5.68. The van der Waals surface area contributed by atoms with Gasteiger partial charge in [-0.3, -0.25) is 0 Å². The zero-order valence-corrected chi connectivity index (χ0v) is 10.8. The number of halogens is 4. The SMILES string of the molecule is Fc1ccc(CC(Cl)c2cccc(Cl)c2)c(F)c1. The van der Waals surface area contributed by atoms with Crippen LogP contribution in [0.5, 0.6) is 0 Å². The molecule has 18 heavy (non-hydrogen) atoms. The molecule has 0 fully saturated rings. The lowest BCUT2D eigenvalue weighted by atomic mass is 10.0. The molecule has 1 unspecified atom stereocenters. The van der Waals surface area contributed by atoms with Crippen molar-refractivity contribution < 1.29 is 8.78 Å². The first-order valence-electron chi connectivity index (χ1n) is 5.40. The third-order valence-corrected chi connectivity index (χ3v) is 3.27. The monoisotopic (exact) mass is 286 g/mol. The van der Waals surface area contributed by atoms with Crippen LogP contribution in [-0.4, -0.2) is 0 Å². The molecule has 0 nitrogen and oxygen atoms in total. The molecule has 0 heterocycles. The van der Waals surface area contributed by atoms with E-state index in [1.54, 1.807) is 18.2 Å². The number of hydrogen-bond donors (Lipinski definition) is 0. The first-order chi connectivity index (χ1) is 8.56. The molecule has 0 aliphatic heterocycles. The Hall–Kier alpha value is -1.12. The fourth-order valence-corrected chi connectivity index (χ4v) is 2.20. The summed E-state index contributed by atoms with van der Waals surface area (Å²) < 4.78 is 26.3. The van der Waals surface area contributed by atoms with Gasteiger partial charge >= 0.3 is 0 Å². The topological polar surface area (TPSA) is 0 Å². The highest BCUT2D eigenvalue weighted by Crippen LogP contribution is 2.28. The normalized spacial score (nSPS) is 12.4. The second-order valence-corrected chi connectivity index (χ2v) is 4.93. The van der Waals surface area contributed by atoms with E-state index in [2.05, 4.69) is 0 Å². The molecule has 0 bridgehead atoms. The second-order valence-electron chi connectivity index (χ2n) is 3.96. The van der Waals surface area contributed by atoms with E-state index in [0.717, 1.165) is 11.6 Å². The number of benzene rings is 2. The van der Waals surface area contributed by atoms with E-state index >= 15 is 0 Å². The average molecular weight is 287 g/mol. The van der Waals surface area contributed by atoms with Crippen LogP contribution in [0.1, 0.15) is 16.5 Å². The maximum atomic E-state index is 13.5. The summed E-state index contributed by atoms with van der Waals surface area (Å²) >= 11 is 12.1. The molecular weight excluding hydrogens is 277 g/mol. The minimum Gasteiger partial charge on any atom is -0.207 e. The number of hydrogen-bond acceptors (Lipinski definition) is 0. The Kier molecular flexibility index (Phi) is 4.20. The molecule has 2 aromatic carbocycles. The first-order valence-corrected chi connectivity index (χ1v) is 6.21. The molecule has 4 heteroatoms. The Labute approximate surface area is 114 Å². The molecule has 0 aromatic heterocycles. The van der Waals surface area contributed by atoms with Crippen LogP contribution < -0.4 is 0 Å². The summed E-state index contributed by atoms with van der Waals surface area (Å²) in [6.45, 7) is 0. The minimum atomic E-state index is -0.592. The van der Waals surface area contributed by atoms with E-state index in [-0.39, 0.29) is 6.42 Å². The lowest BCUT2D eigenvalue weighted by Crippen LogP contribution is -1.99. The van der Waals surface area contributed by atoms with Gasteiger partial charge in [0.05, 0.1) is 5.38 Å². The predicted molar refractivity (Wildman–Crippen MR) is 70.1 cm³/mol. The quantitative estimate of drug-likeness (QED) is 0.685. The molecule has 0 aliphatic rings. The average Bonchev–Trinajstić information content (AvgIpc) is 2.32. The Morgan fingerprint density at radius 2 is 1.83 bits per heavy atom. The standard InChI is InChI=1S/C14H10Cl2F2/c15-11-3-1-2-9(6-11)13(16)7-10-4-5-12(17)8-14(10)18/h1-6,8,13H,7H2. The van der Waals surface area contributed by atoms with E-state index < -0.39 is 17.0 Å². The Morgan fingerprint density at radius 1 is 1.06 bits per heavy atom. The Bertz CT molecular complexity index is 555. The van der Waals surface area contributed by atoms with Gasteiger partial charge in [0.15, 0.2) is 0 Å². The summed E-state index contributed by atoms with van der Waals surface area (Å²) in [7, 11) is 0. The Morgan fingerprint density at radius 3 is 2.50 bits per heavy atom. The van der Waals surface area contributed by atoms with Crippen LogP contribution in [0.15, 0.2) is 42.5 Å². The highest BCUT2D eigenvalue weighted by atomic mass is 35.5. The largest absolute Gasteiger partial charge is 0.207 e. The van der Waals surface area contributed by atoms with Crippen LogP contribution in [0.25, 0.3) is 0 Å². The van der Waals surface area contributed by atoms with Crippen LogP contribution in [0, 0.1) is 11.6 Å². The highest BCUT2D eigenvalue weighted by Gasteiger charge is 2.12. The van der Waals surface area contributed by atoms with Gasteiger partial charge in [-0.15, -0.1) is 11.6 Å². The van der Waals surface area contributed by atoms with Crippen LogP contribution in [0.3, 0.4) is 0 Å². The van der Waals surface area contributed by atoms with Crippen LogP contribution in [-0.2, 0) is 6.42 Å². The van der Waals surface area contributed by atoms with Gasteiger partial charge in [0.2, 0.25) is 0 Å². The molecule has 2 rings (SSSR count). The van der Waals surface area contributed by atoms with Crippen LogP contribution >= 0.6 is 23.2 Å². The highest BCUT2D eigenvalue weighted by molar-refractivity contribution is 6.30. The number of alkyl halides is 1. The zero-order valence-electron chi connectivity index (χ0n) is 9.34. The first kappa shape index (κ1) is 13.3. The smallest absolute Gasteiger partial charge is 0.129 e. The van der Waals surface area contributed by atoms with E-state index in [1.807, 2.05) is 6.07 Å². The van der Waals surface area contributed by atoms with Crippen molar-refractivity contribution in [3.63, 3.8) is 0 Å². The van der Waals surface area contributed by atoms with Crippen LogP contribution in [0.4, 0.5) is 8.78 Å². The summed E-state index contributed by atoms with van der Waals surface area (Å²) in [5.74, 6) is -1.17. The summed E-state index contributed by atoms with van der Waals surface area (Å²) in [5.41, 5.74) is 1.20. The summed E-state index contributed by atoms with van der Waals surface area (Å²) in [6, 6.07) is 10.6. The zero-order chi connectivity index (χ0) is 13.1. The van der Waals surface area contributed by atoms with Crippen molar-refractivity contribution in [3.05, 3.63) is 70.2 Å². The van der Waals surface area contributed by atoms with Gasteiger partial charge in [-0.1, -0.05) is 29.8 Å². The van der Waals surface area contributed by atoms with Crippen LogP contribution in [0.2, 0.25) is 5.02 Å². The fraction of sp³-hybridized carbons (Fsp3) is 0.143. The third-order valence-electron chi connectivity index (χ3n) is 2.62. The summed E-state index contributed by atoms with van der Waals surface area (Å²) in [4.78, 5) is 0. The maximum absolute atomic E-state index is 13.5. The van der Waals surface area contributed by atoms with Crippen molar-refractivity contribution >= 4 is 23.2 Å². The molecule has 94 valence electrons. The van der Waals surface area contributed by atoms with Crippen molar-refractivity contribution in [3.8, 4) is 0 Å². The van der Waals surface area contributed by atoms with Gasteiger partial charge in [0.25, 0.3) is 0 Å². The van der Waals surface area contributed by atoms with Crippen molar-refractivity contribution in [1.82, 2.24) is 0 Å². The van der Waals surface area contributed by atoms with Gasteiger partial charge in [0, 0.05) is 11.1 Å². The lowest BCUT2D eigenvalue weighted by molar-refractivity contribution is 0.570. The van der Waals surface area contributed by atoms with Crippen molar-refractivity contribution in [2.45, 2.75) is 11.8 Å². The fourth-order valence-electron chi connectivity index (χ4n) is 1.70. The molecule has 0 saturated carbocycles. The molecule has 0 N–H and O–H groups in total. The number of rotatable bonds is 3. The molecular formula is C14H10Cl2F2. The van der Waals surface area contributed by atoms with Gasteiger partial charge in [-0.25, -0.2) is 8.78 Å². The van der Waals surface area contributed by atoms with Crippen molar-refractivity contribution in [2.75, 3.05) is 0 Å². The minimum absolute atomic E-state index is 0.286. The summed E-state index contributed by atoms with van der Waals surface area (Å²) in [5, 5.41) is 0.182. The van der Waals surface area contributed by atoms with Gasteiger partial charge in [-0.2, -0.15) is 0 Å². The van der Waals surface area contributed by atoms with Gasteiger partial charge < -0.3 is 0 Å². The molecule has 0 aliphatic carbocycles. The van der Waals surface area contributed by atoms with Gasteiger partial charge in [-0.05, 0) is 35.7 Å². The molecule has 0 amide bonds. The van der Waals surface area contributed by atoms with E-state index in [0.29, 0.717) is 10.6 Å². The van der Waals surface area contributed by atoms with E-state index in [1.165, 1.54) is 12.1 Å². The van der Waals surface area contributed by atoms with E-state index in [4.69, 9.17) is 23.2 Å². The molecule has 2 aromatic rings. The Balaban J connectivity index is 2.18. The summed E-state index contributed by atoms with van der Waals surface area (Å²) in [6.07, 6.45) is 0.286. The van der Waals surface area contributed by atoms with E-state index in [9.17, 15) is 8.78 Å². The lowest BCUT2D eigenvalue weighted by Gasteiger charge is -2.11. The molecule has 0 radical (unpaired) electrons. The molecule has 1 atom stereocenters. The molecule has 0 spiro atoms. The van der Waals surface area contributed by atoms with Gasteiger partial charge in [0.1, 0.15) is 11.6 Å². The molecule has 0 saturated heterocycles. The van der Waals surface area contributed by atoms with Crippen molar-refractivity contribution in [1.29, 1.82) is 0 Å². The predicted octanol–water partition coefficient (Wildman–Crippen LogP) is 5.14. The maximum Gasteiger partial charge on any atom is 0.129 e. The van der Waals surface area contributed by atoms with Crippen molar-refractivity contribution in [2.24, 2.45) is 0 Å². The third kappa shape index (κ3) is 3.21.